The summed E-state index contributed by atoms with van der Waals surface area (Å²) in [7, 11) is 0. The first-order valence-electron chi connectivity index (χ1n) is 9.43. The molecule has 1 aliphatic rings. The summed E-state index contributed by atoms with van der Waals surface area (Å²) in [4.78, 5) is 43.7. The summed E-state index contributed by atoms with van der Waals surface area (Å²) in [6.45, 7) is 1.06. The maximum Gasteiger partial charge on any atom is 0.321 e. The Kier molecular flexibility index (Phi) is 5.57. The molecule has 1 fully saturated rings. The number of anilines is 1. The smallest absolute Gasteiger partial charge is 0.321 e. The molecule has 3 heterocycles. The van der Waals surface area contributed by atoms with Crippen LogP contribution in [0, 0.1) is 0 Å². The average molecular weight is 411 g/mol. The van der Waals surface area contributed by atoms with Gasteiger partial charge in [-0.05, 0) is 36.4 Å². The van der Waals surface area contributed by atoms with E-state index in [0.29, 0.717) is 36.1 Å². The third-order valence-electron chi connectivity index (χ3n) is 4.94. The first-order valence-corrected chi connectivity index (χ1v) is 10.3. The topological polar surface area (TPSA) is 96.3 Å². The Morgan fingerprint density at radius 1 is 1.14 bits per heavy atom. The number of para-hydroxylation sites is 1. The van der Waals surface area contributed by atoms with E-state index in [4.69, 9.17) is 0 Å². The fourth-order valence-corrected chi connectivity index (χ4v) is 4.11. The van der Waals surface area contributed by atoms with Gasteiger partial charge in [0, 0.05) is 24.8 Å². The zero-order chi connectivity index (χ0) is 20.2. The fourth-order valence-electron chi connectivity index (χ4n) is 3.38. The number of urea groups is 1. The maximum atomic E-state index is 12.4. The van der Waals surface area contributed by atoms with Crippen molar-refractivity contribution < 1.29 is 9.59 Å². The maximum absolute atomic E-state index is 12.4. The fraction of sp³-hybridized carbons (Fsp3) is 0.300. The molecule has 1 saturated heterocycles. The molecule has 0 aliphatic carbocycles. The van der Waals surface area contributed by atoms with Gasteiger partial charge in [0.05, 0.1) is 11.7 Å². The van der Waals surface area contributed by atoms with Gasteiger partial charge in [-0.25, -0.2) is 9.78 Å². The van der Waals surface area contributed by atoms with Crippen LogP contribution in [0.1, 0.15) is 12.8 Å². The molecule has 0 atom stereocenters. The summed E-state index contributed by atoms with van der Waals surface area (Å²) in [5.74, 6) is -0.226. The lowest BCUT2D eigenvalue weighted by atomic mass is 10.1. The Hall–Kier alpha value is -3.20. The summed E-state index contributed by atoms with van der Waals surface area (Å²) in [5.41, 5.74) is 0.549. The van der Waals surface area contributed by atoms with Gasteiger partial charge in [-0.2, -0.15) is 0 Å². The number of nitrogens with zero attached hydrogens (tertiary/aromatic N) is 3. The number of carbonyl (C=O) groups is 2. The number of nitrogens with one attached hydrogen (secondary N) is 2. The molecule has 1 aromatic carbocycles. The molecule has 4 rings (SSSR count). The number of rotatable bonds is 4. The molecule has 8 nitrogen and oxygen atoms in total. The van der Waals surface area contributed by atoms with Crippen LogP contribution in [0.4, 0.5) is 10.5 Å². The number of carbonyl (C=O) groups excluding carboxylic acids is 2. The quantitative estimate of drug-likeness (QED) is 0.688. The van der Waals surface area contributed by atoms with Gasteiger partial charge in [0.25, 0.3) is 5.56 Å². The Balaban J connectivity index is 1.28. The molecule has 0 unspecified atom stereocenters. The number of aromatic nitrogens is 2. The summed E-state index contributed by atoms with van der Waals surface area (Å²) < 4.78 is 1.33. The number of piperidine rings is 1. The Bertz CT molecular complexity index is 1070. The lowest BCUT2D eigenvalue weighted by molar-refractivity contribution is -0.122. The Morgan fingerprint density at radius 2 is 1.90 bits per heavy atom. The number of fused-ring (bicyclic) bond motifs is 1. The van der Waals surface area contributed by atoms with E-state index < -0.39 is 0 Å². The Labute approximate surface area is 171 Å². The summed E-state index contributed by atoms with van der Waals surface area (Å²) in [5, 5.41) is 8.18. The van der Waals surface area contributed by atoms with Gasteiger partial charge in [0.15, 0.2) is 0 Å². The lowest BCUT2D eigenvalue weighted by Crippen LogP contribution is -2.48. The van der Waals surface area contributed by atoms with Crippen molar-refractivity contribution in [1.82, 2.24) is 19.8 Å². The minimum absolute atomic E-state index is 0.0168. The van der Waals surface area contributed by atoms with E-state index in [1.54, 1.807) is 11.0 Å². The van der Waals surface area contributed by atoms with Crippen LogP contribution in [-0.4, -0.2) is 45.5 Å². The third kappa shape index (κ3) is 4.45. The highest BCUT2D eigenvalue weighted by molar-refractivity contribution is 7.16. The van der Waals surface area contributed by atoms with Crippen molar-refractivity contribution in [3.63, 3.8) is 0 Å². The van der Waals surface area contributed by atoms with Gasteiger partial charge in [-0.15, -0.1) is 11.3 Å². The van der Waals surface area contributed by atoms with E-state index in [1.165, 1.54) is 22.2 Å². The van der Waals surface area contributed by atoms with Crippen LogP contribution >= 0.6 is 11.3 Å². The standard InChI is InChI=1S/C20H21N5O3S/c26-17(12-25-13-21-18-16(19(25)27)8-11-29-18)22-15-6-9-24(10-7-15)20(28)23-14-4-2-1-3-5-14/h1-5,8,11,13,15H,6-7,9-10,12H2,(H,22,26)(H,23,28). The van der Waals surface area contributed by atoms with E-state index in [9.17, 15) is 14.4 Å². The minimum atomic E-state index is -0.226. The molecule has 2 aromatic heterocycles. The average Bonchev–Trinajstić information content (AvgIpc) is 3.21. The summed E-state index contributed by atoms with van der Waals surface area (Å²) in [6, 6.07) is 10.9. The SMILES string of the molecule is O=C(Cn1cnc2sccc2c1=O)NC1CCN(C(=O)Nc2ccccc2)CC1. The number of hydrogen-bond acceptors (Lipinski definition) is 5. The highest BCUT2D eigenvalue weighted by Crippen LogP contribution is 2.14. The van der Waals surface area contributed by atoms with Gasteiger partial charge >= 0.3 is 6.03 Å². The summed E-state index contributed by atoms with van der Waals surface area (Å²) >= 11 is 1.40. The molecule has 1 aliphatic heterocycles. The molecule has 2 N–H and O–H groups in total. The predicted molar refractivity (Wildman–Crippen MR) is 112 cm³/mol. The van der Waals surface area contributed by atoms with E-state index >= 15 is 0 Å². The van der Waals surface area contributed by atoms with Crippen LogP contribution < -0.4 is 16.2 Å². The number of thiophene rings is 1. The van der Waals surface area contributed by atoms with Crippen molar-refractivity contribution in [2.45, 2.75) is 25.4 Å². The first kappa shape index (κ1) is 19.1. The molecule has 0 spiro atoms. The molecule has 0 saturated carbocycles. The monoisotopic (exact) mass is 411 g/mol. The van der Waals surface area contributed by atoms with Crippen molar-refractivity contribution in [2.75, 3.05) is 18.4 Å². The summed E-state index contributed by atoms with van der Waals surface area (Å²) in [6.07, 6.45) is 2.76. The van der Waals surface area contributed by atoms with Crippen LogP contribution in [0.3, 0.4) is 0 Å². The minimum Gasteiger partial charge on any atom is -0.352 e. The lowest BCUT2D eigenvalue weighted by Gasteiger charge is -2.32. The van der Waals surface area contributed by atoms with E-state index in [0.717, 1.165) is 5.69 Å². The molecule has 9 heteroatoms. The van der Waals surface area contributed by atoms with E-state index in [1.807, 2.05) is 35.7 Å². The van der Waals surface area contributed by atoms with E-state index in [2.05, 4.69) is 15.6 Å². The van der Waals surface area contributed by atoms with Crippen LogP contribution in [-0.2, 0) is 11.3 Å². The molecule has 29 heavy (non-hydrogen) atoms. The normalized spacial score (nSPS) is 14.7. The van der Waals surface area contributed by atoms with Crippen LogP contribution in [0.25, 0.3) is 10.2 Å². The zero-order valence-corrected chi connectivity index (χ0v) is 16.5. The number of likely N-dealkylation sites (tertiary alicyclic amines) is 1. The van der Waals surface area contributed by atoms with Gasteiger partial charge < -0.3 is 15.5 Å². The largest absolute Gasteiger partial charge is 0.352 e. The zero-order valence-electron chi connectivity index (χ0n) is 15.7. The van der Waals surface area contributed by atoms with Gasteiger partial charge in [0.1, 0.15) is 11.4 Å². The molecule has 3 aromatic rings. The van der Waals surface area contributed by atoms with Gasteiger partial charge in [0.2, 0.25) is 5.91 Å². The first-order chi connectivity index (χ1) is 14.1. The van der Waals surface area contributed by atoms with Crippen molar-refractivity contribution in [2.24, 2.45) is 0 Å². The molecule has 0 radical (unpaired) electrons. The van der Waals surface area contributed by atoms with Crippen LogP contribution in [0.5, 0.6) is 0 Å². The predicted octanol–water partition coefficient (Wildman–Crippen LogP) is 2.27. The third-order valence-corrected chi connectivity index (χ3v) is 5.76. The molecule has 3 amide bonds. The van der Waals surface area contributed by atoms with Gasteiger partial charge in [-0.1, -0.05) is 18.2 Å². The van der Waals surface area contributed by atoms with Crippen molar-refractivity contribution in [3.8, 4) is 0 Å². The van der Waals surface area contributed by atoms with Crippen LogP contribution in [0.15, 0.2) is 52.9 Å². The van der Waals surface area contributed by atoms with E-state index in [-0.39, 0.29) is 30.1 Å². The van der Waals surface area contributed by atoms with Crippen molar-refractivity contribution >= 4 is 39.2 Å². The Morgan fingerprint density at radius 3 is 2.66 bits per heavy atom. The number of amides is 3. The van der Waals surface area contributed by atoms with Crippen molar-refractivity contribution in [3.05, 3.63) is 58.5 Å². The number of benzene rings is 1. The second-order valence-electron chi connectivity index (χ2n) is 6.94. The second kappa shape index (κ2) is 8.44. The molecule has 150 valence electrons. The molecule has 0 bridgehead atoms. The molecular weight excluding hydrogens is 390 g/mol. The van der Waals surface area contributed by atoms with Crippen LogP contribution in [0.2, 0.25) is 0 Å². The van der Waals surface area contributed by atoms with Crippen molar-refractivity contribution in [1.29, 1.82) is 0 Å². The highest BCUT2D eigenvalue weighted by atomic mass is 32.1. The highest BCUT2D eigenvalue weighted by Gasteiger charge is 2.24. The molecular formula is C20H21N5O3S. The second-order valence-corrected chi connectivity index (χ2v) is 7.84. The number of hydrogen-bond donors (Lipinski definition) is 2. The van der Waals surface area contributed by atoms with Gasteiger partial charge in [-0.3, -0.25) is 14.2 Å².